The van der Waals surface area contributed by atoms with Crippen LogP contribution in [0.3, 0.4) is 0 Å². The minimum atomic E-state index is 0.162. The summed E-state index contributed by atoms with van der Waals surface area (Å²) in [7, 11) is 0. The van der Waals surface area contributed by atoms with E-state index in [1.807, 2.05) is 17.0 Å². The number of carbonyl (C=O) groups excluding carboxylic acids is 1. The van der Waals surface area contributed by atoms with Crippen LogP contribution in [0.2, 0.25) is 0 Å². The van der Waals surface area contributed by atoms with E-state index >= 15 is 0 Å². The van der Waals surface area contributed by atoms with Gasteiger partial charge in [0, 0.05) is 70.7 Å². The first-order valence-electron chi connectivity index (χ1n) is 10.8. The van der Waals surface area contributed by atoms with Crippen LogP contribution in [0.25, 0.3) is 0 Å². The Labute approximate surface area is 177 Å². The Kier molecular flexibility index (Phi) is 6.56. The van der Waals surface area contributed by atoms with Crippen LogP contribution in [0.15, 0.2) is 30.9 Å². The molecule has 1 amide bonds. The lowest BCUT2D eigenvalue weighted by atomic mass is 10.0. The fourth-order valence-electron chi connectivity index (χ4n) is 4.08. The summed E-state index contributed by atoms with van der Waals surface area (Å²) in [5.41, 5.74) is 0. The summed E-state index contributed by atoms with van der Waals surface area (Å²) >= 11 is 0. The molecule has 1 N–H and O–H groups in total. The van der Waals surface area contributed by atoms with Gasteiger partial charge in [-0.1, -0.05) is 6.92 Å². The molecule has 0 aromatic carbocycles. The van der Waals surface area contributed by atoms with E-state index in [9.17, 15) is 4.79 Å². The lowest BCUT2D eigenvalue weighted by Gasteiger charge is -2.34. The molecule has 30 heavy (non-hydrogen) atoms. The maximum atomic E-state index is 12.6. The molecule has 0 bridgehead atoms. The van der Waals surface area contributed by atoms with Crippen molar-refractivity contribution < 1.29 is 4.79 Å². The van der Waals surface area contributed by atoms with Gasteiger partial charge in [0.15, 0.2) is 0 Å². The summed E-state index contributed by atoms with van der Waals surface area (Å²) in [5.74, 6) is 3.32. The predicted molar refractivity (Wildman–Crippen MR) is 117 cm³/mol. The third-order valence-corrected chi connectivity index (χ3v) is 5.75. The van der Waals surface area contributed by atoms with Gasteiger partial charge in [-0.15, -0.1) is 0 Å². The van der Waals surface area contributed by atoms with Crippen molar-refractivity contribution in [3.05, 3.63) is 30.9 Å². The largest absolute Gasteiger partial charge is 0.369 e. The highest BCUT2D eigenvalue weighted by atomic mass is 16.2. The lowest BCUT2D eigenvalue weighted by molar-refractivity contribution is -0.131. The Morgan fingerprint density at radius 1 is 1.07 bits per heavy atom. The molecular formula is C21H30N8O. The highest BCUT2D eigenvalue weighted by molar-refractivity contribution is 5.77. The van der Waals surface area contributed by atoms with E-state index in [1.54, 1.807) is 18.7 Å². The molecule has 0 spiro atoms. The summed E-state index contributed by atoms with van der Waals surface area (Å²) in [6, 6.07) is 3.80. The number of hydrogen-bond donors (Lipinski definition) is 1. The zero-order chi connectivity index (χ0) is 20.8. The maximum Gasteiger partial charge on any atom is 0.225 e. The average molecular weight is 411 g/mol. The van der Waals surface area contributed by atoms with E-state index in [0.29, 0.717) is 32.0 Å². The molecule has 2 aromatic heterocycles. The smallest absolute Gasteiger partial charge is 0.225 e. The SMILES string of the molecule is CC1CCCN(c2cc(NCCC(=O)N3CCN(c4ncccn4)CC3)ncn2)C1. The van der Waals surface area contributed by atoms with Gasteiger partial charge >= 0.3 is 0 Å². The number of hydrogen-bond acceptors (Lipinski definition) is 8. The summed E-state index contributed by atoms with van der Waals surface area (Å²) < 4.78 is 0. The van der Waals surface area contributed by atoms with Gasteiger partial charge in [0.25, 0.3) is 0 Å². The molecule has 1 unspecified atom stereocenters. The quantitative estimate of drug-likeness (QED) is 0.769. The standard InChI is InChI=1S/C21H30N8O/c1-17-4-2-9-29(15-17)19-14-18(25-16-26-19)22-8-5-20(30)27-10-12-28(13-11-27)21-23-6-3-7-24-21/h3,6-7,14,16-17H,2,4-5,8-13,15H2,1H3,(H,22,25,26). The molecule has 0 aliphatic carbocycles. The summed E-state index contributed by atoms with van der Waals surface area (Å²) in [5, 5.41) is 3.28. The van der Waals surface area contributed by atoms with Gasteiger partial charge in [0.1, 0.15) is 18.0 Å². The molecule has 4 heterocycles. The minimum Gasteiger partial charge on any atom is -0.369 e. The summed E-state index contributed by atoms with van der Waals surface area (Å²) in [6.45, 7) is 7.83. The Balaban J connectivity index is 1.22. The van der Waals surface area contributed by atoms with Crippen molar-refractivity contribution >= 4 is 23.5 Å². The summed E-state index contributed by atoms with van der Waals surface area (Å²) in [6.07, 6.45) is 8.02. The molecule has 0 radical (unpaired) electrons. The zero-order valence-corrected chi connectivity index (χ0v) is 17.6. The molecule has 1 atom stereocenters. The molecule has 9 heteroatoms. The van der Waals surface area contributed by atoms with Gasteiger partial charge < -0.3 is 20.0 Å². The van der Waals surface area contributed by atoms with E-state index < -0.39 is 0 Å². The molecule has 2 aliphatic rings. The van der Waals surface area contributed by atoms with E-state index in [1.165, 1.54) is 12.8 Å². The van der Waals surface area contributed by atoms with Gasteiger partial charge in [0.2, 0.25) is 11.9 Å². The van der Waals surface area contributed by atoms with Crippen molar-refractivity contribution in [3.8, 4) is 0 Å². The van der Waals surface area contributed by atoms with Crippen molar-refractivity contribution in [1.29, 1.82) is 0 Å². The van der Waals surface area contributed by atoms with Gasteiger partial charge in [-0.05, 0) is 24.8 Å². The van der Waals surface area contributed by atoms with Crippen LogP contribution >= 0.6 is 0 Å². The minimum absolute atomic E-state index is 0.162. The van der Waals surface area contributed by atoms with Crippen molar-refractivity contribution in [2.24, 2.45) is 5.92 Å². The van der Waals surface area contributed by atoms with Crippen LogP contribution in [-0.2, 0) is 4.79 Å². The number of nitrogens with zero attached hydrogens (tertiary/aromatic N) is 7. The first kappa shape index (κ1) is 20.3. The van der Waals surface area contributed by atoms with Gasteiger partial charge in [-0.25, -0.2) is 19.9 Å². The monoisotopic (exact) mass is 410 g/mol. The highest BCUT2D eigenvalue weighted by Crippen LogP contribution is 2.22. The van der Waals surface area contributed by atoms with Crippen molar-refractivity contribution in [1.82, 2.24) is 24.8 Å². The first-order valence-corrected chi connectivity index (χ1v) is 10.8. The van der Waals surface area contributed by atoms with Crippen LogP contribution in [0.4, 0.5) is 17.6 Å². The third-order valence-electron chi connectivity index (χ3n) is 5.75. The number of rotatable bonds is 6. The third kappa shape index (κ3) is 5.14. The molecule has 4 rings (SSSR count). The van der Waals surface area contributed by atoms with E-state index in [-0.39, 0.29) is 5.91 Å². The first-order chi connectivity index (χ1) is 14.7. The Morgan fingerprint density at radius 3 is 2.63 bits per heavy atom. The molecule has 2 aliphatic heterocycles. The fraction of sp³-hybridized carbons (Fsp3) is 0.571. The molecule has 2 aromatic rings. The van der Waals surface area contributed by atoms with Crippen LogP contribution in [0.1, 0.15) is 26.2 Å². The zero-order valence-electron chi connectivity index (χ0n) is 17.6. The number of carbonyl (C=O) groups is 1. The van der Waals surface area contributed by atoms with E-state index in [4.69, 9.17) is 0 Å². The van der Waals surface area contributed by atoms with Gasteiger partial charge in [0.05, 0.1) is 0 Å². The second kappa shape index (κ2) is 9.69. The molecular weight excluding hydrogens is 380 g/mol. The normalized spacial score (nSPS) is 19.6. The van der Waals surface area contributed by atoms with Crippen LogP contribution in [-0.4, -0.2) is 76.6 Å². The second-order valence-corrected chi connectivity index (χ2v) is 8.05. The summed E-state index contributed by atoms with van der Waals surface area (Å²) in [4.78, 5) is 36.2. The number of piperidine rings is 1. The van der Waals surface area contributed by atoms with Crippen LogP contribution in [0, 0.1) is 5.92 Å². The van der Waals surface area contributed by atoms with Crippen molar-refractivity contribution in [3.63, 3.8) is 0 Å². The fourth-order valence-corrected chi connectivity index (χ4v) is 4.08. The Morgan fingerprint density at radius 2 is 1.87 bits per heavy atom. The topological polar surface area (TPSA) is 90.4 Å². The molecule has 0 saturated carbocycles. The Bertz CT molecular complexity index is 825. The van der Waals surface area contributed by atoms with Gasteiger partial charge in [-0.3, -0.25) is 4.79 Å². The van der Waals surface area contributed by atoms with Crippen LogP contribution < -0.4 is 15.1 Å². The second-order valence-electron chi connectivity index (χ2n) is 8.05. The van der Waals surface area contributed by atoms with E-state index in [2.05, 4.69) is 42.0 Å². The van der Waals surface area contributed by atoms with Gasteiger partial charge in [-0.2, -0.15) is 0 Å². The average Bonchev–Trinajstić information content (AvgIpc) is 2.80. The van der Waals surface area contributed by atoms with Crippen molar-refractivity contribution in [2.45, 2.75) is 26.2 Å². The van der Waals surface area contributed by atoms with E-state index in [0.717, 1.165) is 43.8 Å². The number of anilines is 3. The molecule has 2 saturated heterocycles. The highest BCUT2D eigenvalue weighted by Gasteiger charge is 2.22. The molecule has 9 nitrogen and oxygen atoms in total. The number of nitrogens with one attached hydrogen (secondary N) is 1. The predicted octanol–water partition coefficient (Wildman–Crippen LogP) is 1.65. The molecule has 160 valence electrons. The number of amides is 1. The maximum absolute atomic E-state index is 12.6. The van der Waals surface area contributed by atoms with Crippen molar-refractivity contribution in [2.75, 3.05) is 60.9 Å². The number of aromatic nitrogens is 4. The molecule has 2 fully saturated rings. The van der Waals surface area contributed by atoms with Crippen LogP contribution in [0.5, 0.6) is 0 Å². The Hall–Kier alpha value is -2.97. The number of piperazine rings is 1. The lowest BCUT2D eigenvalue weighted by Crippen LogP contribution is -2.49.